The minimum absolute atomic E-state index is 0. The number of hydrogen-bond acceptors (Lipinski definition) is 3. The average molecular weight is 161 g/mol. The fraction of sp³-hybridized carbons (Fsp3) is 1.00. The van der Waals surface area contributed by atoms with Gasteiger partial charge in [-0.2, -0.15) is 0 Å². The lowest BCUT2D eigenvalue weighted by atomic mass is 10.1. The predicted molar refractivity (Wildman–Crippen MR) is 50.8 cm³/mol. The molecule has 0 aromatic carbocycles. The second-order valence-electron chi connectivity index (χ2n) is 2.70. The summed E-state index contributed by atoms with van der Waals surface area (Å²) in [6.07, 6.45) is 7.61. The first-order valence-electron chi connectivity index (χ1n) is 4.32. The fourth-order valence-corrected chi connectivity index (χ4v) is 0.996. The van der Waals surface area contributed by atoms with Crippen molar-refractivity contribution in [2.24, 2.45) is 11.5 Å². The van der Waals surface area contributed by atoms with Gasteiger partial charge in [-0.25, -0.2) is 0 Å². The summed E-state index contributed by atoms with van der Waals surface area (Å²) in [5.41, 5.74) is 10.7. The molecule has 0 radical (unpaired) electrons. The van der Waals surface area contributed by atoms with Crippen LogP contribution in [0.5, 0.6) is 0 Å². The summed E-state index contributed by atoms with van der Waals surface area (Å²) in [4.78, 5) is 0. The van der Waals surface area contributed by atoms with E-state index in [1.165, 1.54) is 38.5 Å². The molecule has 0 aromatic heterocycles. The van der Waals surface area contributed by atoms with E-state index in [2.05, 4.69) is 0 Å². The Morgan fingerprint density at radius 2 is 0.818 bits per heavy atom. The van der Waals surface area contributed by atoms with Gasteiger partial charge >= 0.3 is 0 Å². The van der Waals surface area contributed by atoms with E-state index in [1.54, 1.807) is 0 Å². The molecule has 3 heteroatoms. The molecule has 0 atom stereocenters. The SMILES string of the molecule is N.NCCCCCCCCN. The first-order chi connectivity index (χ1) is 4.91. The van der Waals surface area contributed by atoms with Crippen molar-refractivity contribution in [3.05, 3.63) is 0 Å². The lowest BCUT2D eigenvalue weighted by Crippen LogP contribution is -1.99. The summed E-state index contributed by atoms with van der Waals surface area (Å²) in [5.74, 6) is 0. The molecule has 0 aliphatic carbocycles. The van der Waals surface area contributed by atoms with Crippen LogP contribution >= 0.6 is 0 Å². The highest BCUT2D eigenvalue weighted by Crippen LogP contribution is 2.03. The van der Waals surface area contributed by atoms with E-state index in [0.717, 1.165) is 13.1 Å². The first-order valence-corrected chi connectivity index (χ1v) is 4.32. The number of nitrogens with two attached hydrogens (primary N) is 2. The third kappa shape index (κ3) is 13.0. The van der Waals surface area contributed by atoms with Crippen LogP contribution in [0.15, 0.2) is 0 Å². The van der Waals surface area contributed by atoms with Crippen molar-refractivity contribution in [1.29, 1.82) is 0 Å². The van der Waals surface area contributed by atoms with Crippen LogP contribution in [0.25, 0.3) is 0 Å². The van der Waals surface area contributed by atoms with E-state index in [9.17, 15) is 0 Å². The van der Waals surface area contributed by atoms with Gasteiger partial charge in [0.15, 0.2) is 0 Å². The second kappa shape index (κ2) is 12.5. The molecule has 0 spiro atoms. The molecular formula is C8H23N3. The molecule has 70 valence electrons. The van der Waals surface area contributed by atoms with E-state index in [4.69, 9.17) is 11.5 Å². The third-order valence-electron chi connectivity index (χ3n) is 1.66. The molecule has 0 aromatic rings. The van der Waals surface area contributed by atoms with Crippen molar-refractivity contribution in [2.75, 3.05) is 13.1 Å². The molecule has 11 heavy (non-hydrogen) atoms. The fourth-order valence-electron chi connectivity index (χ4n) is 0.996. The van der Waals surface area contributed by atoms with Gasteiger partial charge in [0.25, 0.3) is 0 Å². The Hall–Kier alpha value is -0.120. The van der Waals surface area contributed by atoms with Crippen LogP contribution < -0.4 is 17.6 Å². The van der Waals surface area contributed by atoms with E-state index in [1.807, 2.05) is 0 Å². The summed E-state index contributed by atoms with van der Waals surface area (Å²) in [6.45, 7) is 1.69. The standard InChI is InChI=1S/C8H20N2.H3N/c9-7-5-3-1-2-4-6-8-10;/h1-10H2;1H3. The Balaban J connectivity index is 0. The first kappa shape index (κ1) is 13.5. The molecule has 0 rings (SSSR count). The molecule has 7 N–H and O–H groups in total. The minimum atomic E-state index is 0. The lowest BCUT2D eigenvalue weighted by Gasteiger charge is -1.97. The molecule has 0 saturated heterocycles. The van der Waals surface area contributed by atoms with Crippen LogP contribution in [0.3, 0.4) is 0 Å². The highest BCUT2D eigenvalue weighted by atomic mass is 14.5. The largest absolute Gasteiger partial charge is 0.344 e. The molecule has 0 fully saturated rings. The normalized spacial score (nSPS) is 9.27. The van der Waals surface area contributed by atoms with E-state index in [0.29, 0.717) is 0 Å². The van der Waals surface area contributed by atoms with E-state index >= 15 is 0 Å². The van der Waals surface area contributed by atoms with E-state index in [-0.39, 0.29) is 6.15 Å². The topological polar surface area (TPSA) is 87.0 Å². The zero-order chi connectivity index (χ0) is 7.66. The van der Waals surface area contributed by atoms with Crippen LogP contribution in [0.4, 0.5) is 0 Å². The molecule has 0 saturated carbocycles. The second-order valence-corrected chi connectivity index (χ2v) is 2.70. The highest BCUT2D eigenvalue weighted by Gasteiger charge is 1.87. The monoisotopic (exact) mass is 161 g/mol. The Morgan fingerprint density at radius 3 is 1.09 bits per heavy atom. The van der Waals surface area contributed by atoms with Gasteiger partial charge in [-0.3, -0.25) is 0 Å². The summed E-state index contributed by atoms with van der Waals surface area (Å²) in [6, 6.07) is 0. The molecular weight excluding hydrogens is 138 g/mol. The van der Waals surface area contributed by atoms with Crippen molar-refractivity contribution in [2.45, 2.75) is 38.5 Å². The summed E-state index contributed by atoms with van der Waals surface area (Å²) >= 11 is 0. The zero-order valence-corrected chi connectivity index (χ0v) is 7.52. The zero-order valence-electron chi connectivity index (χ0n) is 7.52. The van der Waals surface area contributed by atoms with Crippen LogP contribution in [-0.4, -0.2) is 13.1 Å². The van der Waals surface area contributed by atoms with Gasteiger partial charge in [0, 0.05) is 0 Å². The number of hydrogen-bond donors (Lipinski definition) is 3. The maximum absolute atomic E-state index is 5.35. The molecule has 0 aliphatic heterocycles. The number of rotatable bonds is 7. The quantitative estimate of drug-likeness (QED) is 0.493. The van der Waals surface area contributed by atoms with Crippen molar-refractivity contribution in [1.82, 2.24) is 6.15 Å². The molecule has 0 aliphatic rings. The Bertz CT molecular complexity index is 49.3. The Morgan fingerprint density at radius 1 is 0.545 bits per heavy atom. The molecule has 0 amide bonds. The number of unbranched alkanes of at least 4 members (excludes halogenated alkanes) is 5. The predicted octanol–water partition coefficient (Wildman–Crippen LogP) is 1.41. The van der Waals surface area contributed by atoms with Crippen molar-refractivity contribution >= 4 is 0 Å². The van der Waals surface area contributed by atoms with Gasteiger partial charge in [0.05, 0.1) is 0 Å². The smallest absolute Gasteiger partial charge is 0.00773 e. The van der Waals surface area contributed by atoms with Crippen molar-refractivity contribution < 1.29 is 0 Å². The van der Waals surface area contributed by atoms with Gasteiger partial charge in [0.2, 0.25) is 0 Å². The highest BCUT2D eigenvalue weighted by molar-refractivity contribution is 4.45. The minimum Gasteiger partial charge on any atom is -0.344 e. The molecule has 0 unspecified atom stereocenters. The Kier molecular flexibility index (Phi) is 15.4. The summed E-state index contributed by atoms with van der Waals surface area (Å²) in [7, 11) is 0. The van der Waals surface area contributed by atoms with Crippen molar-refractivity contribution in [3.8, 4) is 0 Å². The van der Waals surface area contributed by atoms with Crippen LogP contribution in [-0.2, 0) is 0 Å². The van der Waals surface area contributed by atoms with Crippen LogP contribution in [0.2, 0.25) is 0 Å². The summed E-state index contributed by atoms with van der Waals surface area (Å²) < 4.78 is 0. The Labute approximate surface area is 70.1 Å². The average Bonchev–Trinajstić information content (AvgIpc) is 1.97. The van der Waals surface area contributed by atoms with Crippen LogP contribution in [0.1, 0.15) is 38.5 Å². The third-order valence-corrected chi connectivity index (χ3v) is 1.66. The maximum Gasteiger partial charge on any atom is -0.00773 e. The lowest BCUT2D eigenvalue weighted by molar-refractivity contribution is 0.601. The molecule has 0 heterocycles. The van der Waals surface area contributed by atoms with Crippen molar-refractivity contribution in [3.63, 3.8) is 0 Å². The van der Waals surface area contributed by atoms with Gasteiger partial charge in [-0.15, -0.1) is 0 Å². The molecule has 0 bridgehead atoms. The molecule has 3 nitrogen and oxygen atoms in total. The van der Waals surface area contributed by atoms with Gasteiger partial charge in [0.1, 0.15) is 0 Å². The van der Waals surface area contributed by atoms with Gasteiger partial charge in [-0.1, -0.05) is 25.7 Å². The maximum atomic E-state index is 5.35. The van der Waals surface area contributed by atoms with Gasteiger partial charge in [-0.05, 0) is 25.9 Å². The van der Waals surface area contributed by atoms with Gasteiger partial charge < -0.3 is 17.6 Å². The van der Waals surface area contributed by atoms with Crippen LogP contribution in [0, 0.1) is 0 Å². The van der Waals surface area contributed by atoms with E-state index < -0.39 is 0 Å². The summed E-state index contributed by atoms with van der Waals surface area (Å²) in [5, 5.41) is 0.